The number of halogens is 3. The van der Waals surface area contributed by atoms with Crippen LogP contribution in [0.3, 0.4) is 0 Å². The van der Waals surface area contributed by atoms with Gasteiger partial charge in [-0.1, -0.05) is 6.92 Å². The molecule has 0 unspecified atom stereocenters. The van der Waals surface area contributed by atoms with Crippen molar-refractivity contribution >= 4 is 11.5 Å². The Morgan fingerprint density at radius 1 is 1.18 bits per heavy atom. The molecule has 212 valence electrons. The number of aromatic nitrogens is 2. The number of hydrogen-bond donors (Lipinski definition) is 2. The molecule has 3 N–H and O–H groups in total. The molecule has 40 heavy (non-hydrogen) atoms. The number of carbonyl (C=O) groups is 1. The van der Waals surface area contributed by atoms with Crippen molar-refractivity contribution in [2.24, 2.45) is 11.7 Å². The smallest absolute Gasteiger partial charge is 0.185 e. The van der Waals surface area contributed by atoms with E-state index in [0.717, 1.165) is 30.3 Å². The van der Waals surface area contributed by atoms with Crippen molar-refractivity contribution in [1.82, 2.24) is 9.97 Å². The minimum Gasteiger partial charge on any atom is -0.488 e. The number of rotatable bonds is 7. The van der Waals surface area contributed by atoms with Gasteiger partial charge in [0.1, 0.15) is 40.7 Å². The van der Waals surface area contributed by atoms with Crippen molar-refractivity contribution in [3.05, 3.63) is 71.4 Å². The number of benzene rings is 1. The van der Waals surface area contributed by atoms with E-state index in [2.05, 4.69) is 9.97 Å². The SMILES string of the molecule is C[C@H]1CN(c2ccncc2CC(=O)c2ccc(F)c(-c3c(F)cc(O[C@H]4CCCOC4)cc3F)n2)C[C@@H](N)[C@@H]1O. The van der Waals surface area contributed by atoms with Crippen LogP contribution in [-0.4, -0.2) is 65.4 Å². The summed E-state index contributed by atoms with van der Waals surface area (Å²) >= 11 is 0. The zero-order chi connectivity index (χ0) is 28.4. The molecule has 4 atom stereocenters. The maximum Gasteiger partial charge on any atom is 0.185 e. The van der Waals surface area contributed by atoms with Gasteiger partial charge in [-0.3, -0.25) is 9.78 Å². The summed E-state index contributed by atoms with van der Waals surface area (Å²) in [7, 11) is 0. The summed E-state index contributed by atoms with van der Waals surface area (Å²) in [5.74, 6) is -3.70. The van der Waals surface area contributed by atoms with Crippen molar-refractivity contribution in [3.63, 3.8) is 0 Å². The zero-order valence-corrected chi connectivity index (χ0v) is 22.0. The van der Waals surface area contributed by atoms with Gasteiger partial charge in [-0.25, -0.2) is 18.2 Å². The molecule has 0 aliphatic carbocycles. The number of aliphatic hydroxyl groups excluding tert-OH is 1. The number of ketones is 1. The second-order valence-corrected chi connectivity index (χ2v) is 10.4. The van der Waals surface area contributed by atoms with E-state index in [1.54, 1.807) is 18.5 Å². The summed E-state index contributed by atoms with van der Waals surface area (Å²) < 4.78 is 55.9. The minimum atomic E-state index is -1.06. The highest BCUT2D eigenvalue weighted by atomic mass is 19.1. The molecular weight excluding hydrogens is 525 g/mol. The maximum absolute atomic E-state index is 15.1. The van der Waals surface area contributed by atoms with Crippen LogP contribution in [0, 0.1) is 23.4 Å². The van der Waals surface area contributed by atoms with Gasteiger partial charge in [0.2, 0.25) is 0 Å². The fourth-order valence-electron chi connectivity index (χ4n) is 5.25. The van der Waals surface area contributed by atoms with Gasteiger partial charge in [-0.2, -0.15) is 0 Å². The third-order valence-corrected chi connectivity index (χ3v) is 7.34. The lowest BCUT2D eigenvalue weighted by atomic mass is 9.92. The Kier molecular flexibility index (Phi) is 8.34. The molecule has 0 saturated carbocycles. The number of nitrogens with two attached hydrogens (primary N) is 1. The highest BCUT2D eigenvalue weighted by molar-refractivity contribution is 5.97. The second-order valence-electron chi connectivity index (χ2n) is 10.4. The van der Waals surface area contributed by atoms with E-state index < -0.39 is 46.6 Å². The molecule has 4 heterocycles. The van der Waals surface area contributed by atoms with Gasteiger partial charge in [-0.05, 0) is 31.0 Å². The van der Waals surface area contributed by atoms with E-state index in [4.69, 9.17) is 15.2 Å². The number of nitrogens with zero attached hydrogens (tertiary/aromatic N) is 3. The van der Waals surface area contributed by atoms with Gasteiger partial charge in [0.25, 0.3) is 0 Å². The van der Waals surface area contributed by atoms with Crippen LogP contribution in [0.5, 0.6) is 5.75 Å². The number of aliphatic hydroxyl groups is 1. The fraction of sp³-hybridized carbons (Fsp3) is 0.414. The summed E-state index contributed by atoms with van der Waals surface area (Å²) in [4.78, 5) is 23.4. The number of carbonyl (C=O) groups excluding carboxylic acids is 1. The lowest BCUT2D eigenvalue weighted by molar-refractivity contribution is 0.00720. The summed E-state index contributed by atoms with van der Waals surface area (Å²) in [6.45, 7) is 3.75. The van der Waals surface area contributed by atoms with Gasteiger partial charge in [0.15, 0.2) is 5.78 Å². The lowest BCUT2D eigenvalue weighted by Gasteiger charge is -2.40. The minimum absolute atomic E-state index is 0.0368. The molecule has 2 aromatic heterocycles. The Morgan fingerprint density at radius 2 is 1.95 bits per heavy atom. The largest absolute Gasteiger partial charge is 0.488 e. The van der Waals surface area contributed by atoms with Crippen LogP contribution in [0.25, 0.3) is 11.3 Å². The average Bonchev–Trinajstić information content (AvgIpc) is 2.93. The van der Waals surface area contributed by atoms with Crippen molar-refractivity contribution in [1.29, 1.82) is 0 Å². The van der Waals surface area contributed by atoms with E-state index in [-0.39, 0.29) is 29.9 Å². The van der Waals surface area contributed by atoms with Crippen LogP contribution < -0.4 is 15.4 Å². The van der Waals surface area contributed by atoms with Crippen LogP contribution in [0.1, 0.15) is 35.8 Å². The Hall–Kier alpha value is -3.54. The maximum atomic E-state index is 15.1. The van der Waals surface area contributed by atoms with Crippen molar-refractivity contribution in [2.45, 2.75) is 44.4 Å². The molecule has 8 nitrogen and oxygen atoms in total. The number of anilines is 1. The highest BCUT2D eigenvalue weighted by Crippen LogP contribution is 2.32. The summed E-state index contributed by atoms with van der Waals surface area (Å²) in [6, 6.07) is 5.41. The molecule has 11 heteroatoms. The molecule has 2 aliphatic heterocycles. The van der Waals surface area contributed by atoms with E-state index in [9.17, 15) is 14.3 Å². The quantitative estimate of drug-likeness (QED) is 0.424. The standard InChI is InChI=1S/C29H31F3N4O4/c1-16-13-36(14-23(33)29(16)38)25-6-7-34-12-17(25)9-26(37)24-5-4-20(30)28(35-24)27-21(31)10-19(11-22(27)32)40-18-3-2-8-39-15-18/h4-7,10-12,16,18,23,29,38H,2-3,8-9,13-15,33H2,1H3/t16-,18-,23+,29+/m0/s1. The molecule has 3 aromatic rings. The third kappa shape index (κ3) is 5.96. The number of Topliss-reactive ketones (excluding diaryl/α,β-unsaturated/α-hetero) is 1. The molecule has 2 saturated heterocycles. The average molecular weight is 557 g/mol. The predicted molar refractivity (Wildman–Crippen MR) is 142 cm³/mol. The Morgan fingerprint density at radius 3 is 2.65 bits per heavy atom. The molecule has 2 aliphatic rings. The molecule has 0 spiro atoms. The van der Waals surface area contributed by atoms with Gasteiger partial charge in [-0.15, -0.1) is 0 Å². The third-order valence-electron chi connectivity index (χ3n) is 7.34. The van der Waals surface area contributed by atoms with Crippen molar-refractivity contribution in [3.8, 4) is 17.0 Å². The lowest BCUT2D eigenvalue weighted by Crippen LogP contribution is -2.55. The Balaban J connectivity index is 1.38. The van der Waals surface area contributed by atoms with E-state index in [1.807, 2.05) is 11.8 Å². The molecular formula is C29H31F3N4O4. The molecule has 0 bridgehead atoms. The fourth-order valence-corrected chi connectivity index (χ4v) is 5.25. The zero-order valence-electron chi connectivity index (χ0n) is 22.0. The summed E-state index contributed by atoms with van der Waals surface area (Å²) in [6.07, 6.45) is 3.51. The van der Waals surface area contributed by atoms with E-state index in [1.165, 1.54) is 6.07 Å². The monoisotopic (exact) mass is 556 g/mol. The first kappa shape index (κ1) is 28.0. The van der Waals surface area contributed by atoms with E-state index >= 15 is 8.78 Å². The topological polar surface area (TPSA) is 111 Å². The number of hydrogen-bond acceptors (Lipinski definition) is 8. The normalized spacial score (nSPS) is 23.2. The van der Waals surface area contributed by atoms with Gasteiger partial charge < -0.3 is 25.2 Å². The van der Waals surface area contributed by atoms with Crippen LogP contribution in [0.2, 0.25) is 0 Å². The highest BCUT2D eigenvalue weighted by Gasteiger charge is 2.32. The first-order valence-electron chi connectivity index (χ1n) is 13.3. The molecule has 0 amide bonds. The van der Waals surface area contributed by atoms with Crippen molar-refractivity contribution in [2.75, 3.05) is 31.2 Å². The molecule has 2 fully saturated rings. The van der Waals surface area contributed by atoms with Crippen LogP contribution in [0.4, 0.5) is 18.9 Å². The van der Waals surface area contributed by atoms with Gasteiger partial charge in [0, 0.05) is 73.9 Å². The second kappa shape index (κ2) is 11.9. The summed E-state index contributed by atoms with van der Waals surface area (Å²) in [5, 5.41) is 10.2. The number of pyridine rings is 2. The van der Waals surface area contributed by atoms with Crippen molar-refractivity contribution < 1.29 is 32.5 Å². The number of piperidine rings is 1. The summed E-state index contributed by atoms with van der Waals surface area (Å²) in [5.41, 5.74) is 5.99. The predicted octanol–water partition coefficient (Wildman–Crippen LogP) is 3.69. The first-order valence-corrected chi connectivity index (χ1v) is 13.3. The Bertz CT molecular complexity index is 1350. The number of ether oxygens (including phenoxy) is 2. The molecule has 0 radical (unpaired) electrons. The van der Waals surface area contributed by atoms with E-state index in [0.29, 0.717) is 38.3 Å². The molecule has 1 aromatic carbocycles. The van der Waals surface area contributed by atoms with Gasteiger partial charge in [0.05, 0.1) is 18.3 Å². The van der Waals surface area contributed by atoms with Crippen LogP contribution in [-0.2, 0) is 11.2 Å². The Labute approximate surface area is 229 Å². The van der Waals surface area contributed by atoms with Crippen LogP contribution >= 0.6 is 0 Å². The van der Waals surface area contributed by atoms with Gasteiger partial charge >= 0.3 is 0 Å². The molecule has 5 rings (SSSR count). The first-order chi connectivity index (χ1) is 19.2. The van der Waals surface area contributed by atoms with Crippen LogP contribution in [0.15, 0.2) is 42.7 Å².